The van der Waals surface area contributed by atoms with Gasteiger partial charge in [-0.15, -0.1) is 0 Å². The molecule has 0 aromatic carbocycles. The Bertz CT molecular complexity index is 453. The molecule has 1 N–H and O–H groups in total. The first-order valence-corrected chi connectivity index (χ1v) is 7.61. The maximum atomic E-state index is 12.7. The van der Waals surface area contributed by atoms with Crippen molar-refractivity contribution in [1.82, 2.24) is 9.47 Å². The molecule has 0 radical (unpaired) electrons. The summed E-state index contributed by atoms with van der Waals surface area (Å²) in [7, 11) is 0. The van der Waals surface area contributed by atoms with E-state index in [1.54, 1.807) is 18.7 Å². The molecule has 1 heterocycles. The lowest BCUT2D eigenvalue weighted by molar-refractivity contribution is 0.0308. The quantitative estimate of drug-likeness (QED) is 0.900. The van der Waals surface area contributed by atoms with E-state index in [-0.39, 0.29) is 5.91 Å². The number of aliphatic hydroxyl groups is 1. The van der Waals surface area contributed by atoms with Gasteiger partial charge in [0.25, 0.3) is 5.91 Å². The average Bonchev–Trinajstić information content (AvgIpc) is 3.03. The molecule has 2 rings (SSSR count). The van der Waals surface area contributed by atoms with E-state index >= 15 is 0 Å². The molecule has 0 atom stereocenters. The zero-order valence-corrected chi connectivity index (χ0v) is 12.8. The van der Waals surface area contributed by atoms with Crippen molar-refractivity contribution in [2.45, 2.75) is 58.1 Å². The Morgan fingerprint density at radius 3 is 2.65 bits per heavy atom. The van der Waals surface area contributed by atoms with Crippen LogP contribution in [0.15, 0.2) is 18.3 Å². The molecule has 1 aliphatic rings. The highest BCUT2D eigenvalue weighted by Crippen LogP contribution is 2.31. The smallest absolute Gasteiger partial charge is 0.270 e. The summed E-state index contributed by atoms with van der Waals surface area (Å²) in [5, 5.41) is 9.95. The van der Waals surface area contributed by atoms with Crippen LogP contribution in [0.4, 0.5) is 0 Å². The lowest BCUT2D eigenvalue weighted by Gasteiger charge is -2.29. The monoisotopic (exact) mass is 278 g/mol. The van der Waals surface area contributed by atoms with Crippen LogP contribution in [-0.4, -0.2) is 39.2 Å². The molecule has 0 unspecified atom stereocenters. The Labute approximate surface area is 121 Å². The number of nitrogens with zero attached hydrogens (tertiary/aromatic N) is 2. The average molecular weight is 278 g/mol. The number of carbonyl (C=O) groups is 1. The Kier molecular flexibility index (Phi) is 4.53. The van der Waals surface area contributed by atoms with Gasteiger partial charge < -0.3 is 14.6 Å². The zero-order valence-electron chi connectivity index (χ0n) is 12.8. The Morgan fingerprint density at radius 1 is 1.45 bits per heavy atom. The second-order valence-electron chi connectivity index (χ2n) is 6.37. The van der Waals surface area contributed by atoms with Gasteiger partial charge in [-0.2, -0.15) is 0 Å². The summed E-state index contributed by atoms with van der Waals surface area (Å²) in [4.78, 5) is 14.4. The number of likely N-dealkylation sites (N-methyl/N-ethyl adjacent to an activating group) is 1. The van der Waals surface area contributed by atoms with E-state index in [0.29, 0.717) is 19.1 Å². The molecule has 112 valence electrons. The summed E-state index contributed by atoms with van der Waals surface area (Å²) in [5.41, 5.74) is -0.112. The molecule has 1 aromatic rings. The van der Waals surface area contributed by atoms with Gasteiger partial charge in [-0.3, -0.25) is 4.79 Å². The summed E-state index contributed by atoms with van der Waals surface area (Å²) >= 11 is 0. The normalized spacial score (nSPS) is 16.6. The van der Waals surface area contributed by atoms with Crippen molar-refractivity contribution >= 4 is 5.91 Å². The van der Waals surface area contributed by atoms with Crippen LogP contribution < -0.4 is 0 Å². The summed E-state index contributed by atoms with van der Waals surface area (Å²) in [5.74, 6) is 0.0199. The van der Waals surface area contributed by atoms with Crippen LogP contribution in [0.25, 0.3) is 0 Å². The van der Waals surface area contributed by atoms with Crippen LogP contribution in [0.1, 0.15) is 63.0 Å². The fourth-order valence-corrected chi connectivity index (χ4v) is 3.03. The van der Waals surface area contributed by atoms with Gasteiger partial charge in [-0.1, -0.05) is 12.8 Å². The molecule has 4 heteroatoms. The lowest BCUT2D eigenvalue weighted by atomic mass is 10.1. The molecule has 0 saturated heterocycles. The molecule has 1 aliphatic carbocycles. The number of carbonyl (C=O) groups excluding carboxylic acids is 1. The maximum absolute atomic E-state index is 12.7. The summed E-state index contributed by atoms with van der Waals surface area (Å²) < 4.78 is 2.13. The van der Waals surface area contributed by atoms with Gasteiger partial charge in [-0.25, -0.2) is 0 Å². The fraction of sp³-hybridized carbons (Fsp3) is 0.688. The standard InChI is InChI=1S/C16H26N2O2/c1-4-17(12-16(2,3)20)15(19)14-10-7-11-18(14)13-8-5-6-9-13/h7,10-11,13,20H,4-6,8-9,12H2,1-3H3. The van der Waals surface area contributed by atoms with Crippen LogP contribution in [0, 0.1) is 0 Å². The number of hydrogen-bond donors (Lipinski definition) is 1. The Balaban J connectivity index is 2.17. The van der Waals surface area contributed by atoms with Crippen molar-refractivity contribution in [3.8, 4) is 0 Å². The topological polar surface area (TPSA) is 45.5 Å². The van der Waals surface area contributed by atoms with Gasteiger partial charge >= 0.3 is 0 Å². The molecule has 20 heavy (non-hydrogen) atoms. The highest BCUT2D eigenvalue weighted by molar-refractivity contribution is 5.92. The number of aromatic nitrogens is 1. The lowest BCUT2D eigenvalue weighted by Crippen LogP contribution is -2.42. The van der Waals surface area contributed by atoms with Crippen molar-refractivity contribution in [3.63, 3.8) is 0 Å². The fourth-order valence-electron chi connectivity index (χ4n) is 3.03. The van der Waals surface area contributed by atoms with Gasteiger partial charge in [0.2, 0.25) is 0 Å². The molecule has 0 aliphatic heterocycles. The Morgan fingerprint density at radius 2 is 2.10 bits per heavy atom. The molecule has 1 saturated carbocycles. The third-order valence-electron chi connectivity index (χ3n) is 3.96. The van der Waals surface area contributed by atoms with E-state index in [1.807, 2.05) is 25.3 Å². The van der Waals surface area contributed by atoms with Crippen LogP contribution in [0.3, 0.4) is 0 Å². The van der Waals surface area contributed by atoms with Crippen molar-refractivity contribution in [2.75, 3.05) is 13.1 Å². The van der Waals surface area contributed by atoms with Gasteiger partial charge in [0.05, 0.1) is 5.60 Å². The van der Waals surface area contributed by atoms with E-state index in [0.717, 1.165) is 18.5 Å². The predicted octanol–water partition coefficient (Wildman–Crippen LogP) is 2.84. The predicted molar refractivity (Wildman–Crippen MR) is 79.8 cm³/mol. The summed E-state index contributed by atoms with van der Waals surface area (Å²) in [6.07, 6.45) is 6.83. The van der Waals surface area contributed by atoms with Gasteiger partial charge in [0.15, 0.2) is 0 Å². The maximum Gasteiger partial charge on any atom is 0.270 e. The van der Waals surface area contributed by atoms with Gasteiger partial charge in [0, 0.05) is 25.3 Å². The second-order valence-corrected chi connectivity index (χ2v) is 6.37. The largest absolute Gasteiger partial charge is 0.389 e. The van der Waals surface area contributed by atoms with E-state index < -0.39 is 5.60 Å². The Hall–Kier alpha value is -1.29. The van der Waals surface area contributed by atoms with E-state index in [2.05, 4.69) is 4.57 Å². The molecule has 0 bridgehead atoms. The van der Waals surface area contributed by atoms with Crippen LogP contribution in [0.2, 0.25) is 0 Å². The van der Waals surface area contributed by atoms with Crippen LogP contribution >= 0.6 is 0 Å². The van der Waals surface area contributed by atoms with E-state index in [4.69, 9.17) is 0 Å². The molecule has 4 nitrogen and oxygen atoms in total. The minimum Gasteiger partial charge on any atom is -0.389 e. The van der Waals surface area contributed by atoms with E-state index in [9.17, 15) is 9.90 Å². The minimum atomic E-state index is -0.865. The van der Waals surface area contributed by atoms with Gasteiger partial charge in [0.1, 0.15) is 5.69 Å². The van der Waals surface area contributed by atoms with Crippen LogP contribution in [0.5, 0.6) is 0 Å². The van der Waals surface area contributed by atoms with Crippen molar-refractivity contribution in [2.24, 2.45) is 0 Å². The molecule has 1 amide bonds. The van der Waals surface area contributed by atoms with E-state index in [1.165, 1.54) is 12.8 Å². The van der Waals surface area contributed by atoms with Crippen molar-refractivity contribution < 1.29 is 9.90 Å². The minimum absolute atomic E-state index is 0.0199. The number of hydrogen-bond acceptors (Lipinski definition) is 2. The first-order valence-electron chi connectivity index (χ1n) is 7.61. The highest BCUT2D eigenvalue weighted by Gasteiger charge is 2.26. The highest BCUT2D eigenvalue weighted by atomic mass is 16.3. The molecule has 1 aromatic heterocycles. The van der Waals surface area contributed by atoms with Crippen molar-refractivity contribution in [3.05, 3.63) is 24.0 Å². The van der Waals surface area contributed by atoms with Crippen molar-refractivity contribution in [1.29, 1.82) is 0 Å². The molecular weight excluding hydrogens is 252 g/mol. The first kappa shape index (κ1) is 15.1. The second kappa shape index (κ2) is 6.00. The third kappa shape index (κ3) is 3.42. The molecular formula is C16H26N2O2. The number of rotatable bonds is 5. The van der Waals surface area contributed by atoms with Crippen LogP contribution in [-0.2, 0) is 0 Å². The third-order valence-corrected chi connectivity index (χ3v) is 3.96. The molecule has 0 spiro atoms. The first-order chi connectivity index (χ1) is 9.42. The zero-order chi connectivity index (χ0) is 14.8. The summed E-state index contributed by atoms with van der Waals surface area (Å²) in [6, 6.07) is 4.31. The molecule has 1 fully saturated rings. The number of amides is 1. The summed E-state index contributed by atoms with van der Waals surface area (Å²) in [6.45, 7) is 6.39. The van der Waals surface area contributed by atoms with Gasteiger partial charge in [-0.05, 0) is 45.7 Å². The SMILES string of the molecule is CCN(CC(C)(C)O)C(=O)c1cccn1C1CCCC1.